The van der Waals surface area contributed by atoms with Gasteiger partial charge in [-0.15, -0.1) is 0 Å². The first-order chi connectivity index (χ1) is 22.4. The van der Waals surface area contributed by atoms with Crippen LogP contribution in [0.5, 0.6) is 5.75 Å². The van der Waals surface area contributed by atoms with Gasteiger partial charge in [0.25, 0.3) is 5.91 Å². The number of para-hydroxylation sites is 1. The van der Waals surface area contributed by atoms with Gasteiger partial charge in [-0.1, -0.05) is 43.8 Å². The molecule has 0 saturated carbocycles. The van der Waals surface area contributed by atoms with Crippen molar-refractivity contribution >= 4 is 59.6 Å². The maximum Gasteiger partial charge on any atom is 0.252 e. The van der Waals surface area contributed by atoms with Crippen LogP contribution in [0.2, 0.25) is 0 Å². The molecule has 0 saturated heterocycles. The molecule has 10 nitrogen and oxygen atoms in total. The molecule has 3 rings (SSSR count). The molecule has 3 N–H and O–H groups in total. The summed E-state index contributed by atoms with van der Waals surface area (Å²) in [6.07, 6.45) is 4.34. The quantitative estimate of drug-likeness (QED) is 0.0527. The van der Waals surface area contributed by atoms with Crippen molar-refractivity contribution < 1.29 is 23.6 Å². The Morgan fingerprint density at radius 1 is 1.04 bits per heavy atom. The fourth-order valence-corrected chi connectivity index (χ4v) is 5.90. The monoisotopic (exact) mass is 683 g/mol. The highest BCUT2D eigenvalue weighted by Crippen LogP contribution is 2.38. The Balaban J connectivity index is 0.00000376. The van der Waals surface area contributed by atoms with Crippen LogP contribution in [-0.2, 0) is 18.9 Å². The lowest BCUT2D eigenvalue weighted by molar-refractivity contribution is -0.113. The van der Waals surface area contributed by atoms with Crippen LogP contribution >= 0.6 is 18.7 Å². The largest absolute Gasteiger partial charge is 0.501 e. The summed E-state index contributed by atoms with van der Waals surface area (Å²) in [4.78, 5) is 27.7. The van der Waals surface area contributed by atoms with E-state index in [1.54, 1.807) is 52.7 Å². The van der Waals surface area contributed by atoms with Crippen LogP contribution in [0.25, 0.3) is 0 Å². The Labute approximate surface area is 284 Å². The average molecular weight is 684 g/mol. The van der Waals surface area contributed by atoms with Gasteiger partial charge in [0.05, 0.1) is 36.4 Å². The van der Waals surface area contributed by atoms with E-state index in [0.29, 0.717) is 51.8 Å². The standard InChI is InChI=1S/C34H45ClN5O4P.CH2O/c1-9-17-40(18-16-26-19-32(26)44-6)22-23(2)34(41)39-27-14-15-31(43-5)30(20-27)38-25(4)36-21-28(35)24(3)37-29-12-10-11-13-33(29)45(7,8)42;1-2/h10-15,20-21,37H,2-3,9,16-19,22H2,1,4-8H3,(H,36,38)(H,39,41);1H2/b28-21+;. The molecule has 0 fully saturated rings. The number of amides is 1. The zero-order chi connectivity index (χ0) is 35.1. The predicted molar refractivity (Wildman–Crippen MR) is 197 cm³/mol. The number of hydrogen-bond donors (Lipinski definition) is 3. The molecule has 254 valence electrons. The number of amidine groups is 1. The SMILES string of the molecule is C=C(CN(CCC)CCC1=C(OC)C1)C(=O)Nc1ccc(OC)c(NC(C)=N/C=C(/Cl)C(=C)Nc2ccccc2P(C)(C)=O)c1.C=O. The van der Waals surface area contributed by atoms with Crippen LogP contribution in [0.4, 0.5) is 17.1 Å². The third-order valence-corrected chi connectivity index (χ3v) is 8.97. The van der Waals surface area contributed by atoms with Gasteiger partial charge in [0.2, 0.25) is 0 Å². The summed E-state index contributed by atoms with van der Waals surface area (Å²) >= 11 is 6.48. The average Bonchev–Trinajstić information content (AvgIpc) is 3.82. The number of nitrogens with one attached hydrogen (secondary N) is 3. The summed E-state index contributed by atoms with van der Waals surface area (Å²) in [6.45, 7) is 19.6. The third kappa shape index (κ3) is 12.5. The second-order valence-electron chi connectivity index (χ2n) is 11.2. The van der Waals surface area contributed by atoms with Crippen molar-refractivity contribution in [2.24, 2.45) is 4.99 Å². The highest BCUT2D eigenvalue weighted by atomic mass is 35.5. The lowest BCUT2D eigenvalue weighted by Gasteiger charge is -2.22. The van der Waals surface area contributed by atoms with Crippen molar-refractivity contribution in [3.63, 3.8) is 0 Å². The molecule has 1 aliphatic carbocycles. The van der Waals surface area contributed by atoms with Crippen molar-refractivity contribution in [2.75, 3.05) is 63.1 Å². The van der Waals surface area contributed by atoms with Crippen LogP contribution < -0.4 is 26.0 Å². The minimum Gasteiger partial charge on any atom is -0.501 e. The number of carbonyl (C=O) groups is 2. The number of benzene rings is 2. The number of anilines is 3. The van der Waals surface area contributed by atoms with Crippen LogP contribution in [0, 0.1) is 0 Å². The van der Waals surface area contributed by atoms with Gasteiger partial charge in [0, 0.05) is 48.0 Å². The fourth-order valence-electron chi connectivity index (χ4n) is 4.65. The first-order valence-electron chi connectivity index (χ1n) is 15.1. The topological polar surface area (TPSA) is 121 Å². The molecule has 0 aromatic heterocycles. The van der Waals surface area contributed by atoms with E-state index < -0.39 is 7.14 Å². The van der Waals surface area contributed by atoms with E-state index in [0.717, 1.165) is 38.1 Å². The van der Waals surface area contributed by atoms with Crippen LogP contribution in [0.1, 0.15) is 33.1 Å². The summed E-state index contributed by atoms with van der Waals surface area (Å²) in [5.41, 5.74) is 4.12. The zero-order valence-corrected chi connectivity index (χ0v) is 29.9. The van der Waals surface area contributed by atoms with Crippen molar-refractivity contribution in [2.45, 2.75) is 33.1 Å². The zero-order valence-electron chi connectivity index (χ0n) is 28.2. The van der Waals surface area contributed by atoms with E-state index in [2.05, 4.69) is 45.9 Å². The van der Waals surface area contributed by atoms with E-state index in [1.807, 2.05) is 31.1 Å². The molecule has 12 heteroatoms. The molecule has 1 aliphatic rings. The summed E-state index contributed by atoms with van der Waals surface area (Å²) in [6, 6.07) is 12.7. The summed E-state index contributed by atoms with van der Waals surface area (Å²) in [5.74, 6) is 1.93. The number of carbonyl (C=O) groups excluding carboxylic acids is 2. The molecule has 0 radical (unpaired) electrons. The summed E-state index contributed by atoms with van der Waals surface area (Å²) < 4.78 is 23.5. The van der Waals surface area contributed by atoms with E-state index in [9.17, 15) is 9.36 Å². The molecule has 47 heavy (non-hydrogen) atoms. The smallest absolute Gasteiger partial charge is 0.252 e. The second kappa shape index (κ2) is 18.9. The highest BCUT2D eigenvalue weighted by Gasteiger charge is 2.23. The third-order valence-electron chi connectivity index (χ3n) is 7.10. The molecular formula is C35H47ClN5O5P. The van der Waals surface area contributed by atoms with Crippen molar-refractivity contribution in [3.8, 4) is 5.75 Å². The number of rotatable bonds is 17. The minimum absolute atomic E-state index is 0.245. The second-order valence-corrected chi connectivity index (χ2v) is 14.8. The van der Waals surface area contributed by atoms with E-state index >= 15 is 0 Å². The van der Waals surface area contributed by atoms with E-state index in [4.69, 9.17) is 25.9 Å². The molecule has 2 aromatic rings. The molecule has 2 aromatic carbocycles. The Bertz CT molecular complexity index is 1580. The number of ether oxygens (including phenoxy) is 2. The number of aliphatic imine (C=N–C) groups is 1. The number of methoxy groups -OCH3 is 2. The summed E-state index contributed by atoms with van der Waals surface area (Å²) in [5, 5.41) is 10.3. The van der Waals surface area contributed by atoms with Gasteiger partial charge in [-0.05, 0) is 75.5 Å². The first-order valence-corrected chi connectivity index (χ1v) is 18.0. The maximum atomic E-state index is 13.0. The highest BCUT2D eigenvalue weighted by molar-refractivity contribution is 7.70. The lowest BCUT2D eigenvalue weighted by atomic mass is 10.2. The van der Waals surface area contributed by atoms with Crippen molar-refractivity contribution in [1.82, 2.24) is 4.90 Å². The van der Waals surface area contributed by atoms with Crippen LogP contribution in [0.3, 0.4) is 0 Å². The van der Waals surface area contributed by atoms with Gasteiger partial charge in [0.1, 0.15) is 25.5 Å². The van der Waals surface area contributed by atoms with Crippen LogP contribution in [0.15, 0.2) is 94.4 Å². The molecule has 0 aliphatic heterocycles. The Morgan fingerprint density at radius 2 is 1.74 bits per heavy atom. The molecule has 0 heterocycles. The normalized spacial score (nSPS) is 12.9. The molecule has 0 bridgehead atoms. The fraction of sp³-hybridized carbons (Fsp3) is 0.343. The van der Waals surface area contributed by atoms with Crippen LogP contribution in [-0.4, -0.2) is 70.6 Å². The lowest BCUT2D eigenvalue weighted by Crippen LogP contribution is -2.31. The molecule has 0 unspecified atom stereocenters. The van der Waals surface area contributed by atoms with Crippen molar-refractivity contribution in [1.29, 1.82) is 0 Å². The van der Waals surface area contributed by atoms with Gasteiger partial charge >= 0.3 is 0 Å². The maximum absolute atomic E-state index is 13.0. The van der Waals surface area contributed by atoms with Gasteiger partial charge in [-0.2, -0.15) is 0 Å². The molecule has 0 atom stereocenters. The number of allylic oxidation sites excluding steroid dienone is 2. The van der Waals surface area contributed by atoms with Gasteiger partial charge < -0.3 is 34.8 Å². The molecule has 0 spiro atoms. The van der Waals surface area contributed by atoms with E-state index in [-0.39, 0.29) is 10.9 Å². The summed E-state index contributed by atoms with van der Waals surface area (Å²) in [7, 11) is 0.764. The van der Waals surface area contributed by atoms with Gasteiger partial charge in [0.15, 0.2) is 0 Å². The number of halogens is 1. The van der Waals surface area contributed by atoms with Gasteiger partial charge in [-0.3, -0.25) is 9.69 Å². The Hall–Kier alpha value is -4.11. The molecular weight excluding hydrogens is 637 g/mol. The number of hydrogen-bond acceptors (Lipinski definition) is 8. The number of nitrogens with zero attached hydrogens (tertiary/aromatic N) is 2. The van der Waals surface area contributed by atoms with E-state index in [1.165, 1.54) is 11.8 Å². The molecule has 1 amide bonds. The Morgan fingerprint density at radius 3 is 2.36 bits per heavy atom. The Kier molecular flexibility index (Phi) is 15.7. The predicted octanol–water partition coefficient (Wildman–Crippen LogP) is 7.20. The van der Waals surface area contributed by atoms with Gasteiger partial charge in [-0.25, -0.2) is 4.99 Å². The first kappa shape index (κ1) is 39.1. The van der Waals surface area contributed by atoms with Crippen molar-refractivity contribution in [3.05, 3.63) is 89.5 Å². The minimum atomic E-state index is -2.51.